The number of aromatic nitrogens is 2. The first-order valence-corrected chi connectivity index (χ1v) is 5.93. The van der Waals surface area contributed by atoms with Crippen LogP contribution >= 0.6 is 11.8 Å². The summed E-state index contributed by atoms with van der Waals surface area (Å²) in [5, 5.41) is -0.0668. The molecule has 17 heavy (non-hydrogen) atoms. The van der Waals surface area contributed by atoms with Gasteiger partial charge in [-0.15, -0.1) is 0 Å². The Morgan fingerprint density at radius 3 is 2.88 bits per heavy atom. The van der Waals surface area contributed by atoms with Gasteiger partial charge in [0.1, 0.15) is 5.25 Å². The molecular weight excluding hydrogens is 244 g/mol. The van der Waals surface area contributed by atoms with Crippen molar-refractivity contribution in [1.82, 2.24) is 9.97 Å². The molecule has 7 heteroatoms. The summed E-state index contributed by atoms with van der Waals surface area (Å²) in [5.41, 5.74) is -0.374. The Kier molecular flexibility index (Phi) is 5.02. The van der Waals surface area contributed by atoms with Gasteiger partial charge in [-0.1, -0.05) is 11.8 Å². The molecule has 6 nitrogen and oxygen atoms in total. The molecule has 0 bridgehead atoms. The zero-order valence-electron chi connectivity index (χ0n) is 9.85. The van der Waals surface area contributed by atoms with E-state index >= 15 is 0 Å². The number of hydrogen-bond acceptors (Lipinski definition) is 6. The van der Waals surface area contributed by atoms with E-state index in [0.717, 1.165) is 11.8 Å². The molecule has 1 heterocycles. The van der Waals surface area contributed by atoms with Crippen molar-refractivity contribution in [2.24, 2.45) is 0 Å². The predicted molar refractivity (Wildman–Crippen MR) is 63.4 cm³/mol. The van der Waals surface area contributed by atoms with Gasteiger partial charge in [0.15, 0.2) is 5.16 Å². The molecule has 0 fully saturated rings. The van der Waals surface area contributed by atoms with Gasteiger partial charge in [0.2, 0.25) is 5.75 Å². The Morgan fingerprint density at radius 1 is 1.65 bits per heavy atom. The number of rotatable bonds is 5. The highest BCUT2D eigenvalue weighted by atomic mass is 32.2. The van der Waals surface area contributed by atoms with Crippen molar-refractivity contribution in [3.05, 3.63) is 16.6 Å². The van der Waals surface area contributed by atoms with E-state index in [1.807, 2.05) is 0 Å². The first-order chi connectivity index (χ1) is 8.08. The fourth-order valence-corrected chi connectivity index (χ4v) is 1.81. The first-order valence-electron chi connectivity index (χ1n) is 5.05. The number of esters is 1. The summed E-state index contributed by atoms with van der Waals surface area (Å²) >= 11 is 1.13. The number of ether oxygens (including phenoxy) is 2. The summed E-state index contributed by atoms with van der Waals surface area (Å²) in [6.07, 6.45) is 1.32. The predicted octanol–water partition coefficient (Wildman–Crippen LogP) is 0.822. The number of methoxy groups -OCH3 is 1. The van der Waals surface area contributed by atoms with E-state index < -0.39 is 5.25 Å². The van der Waals surface area contributed by atoms with E-state index in [9.17, 15) is 9.59 Å². The topological polar surface area (TPSA) is 81.3 Å². The molecule has 0 unspecified atom stereocenters. The van der Waals surface area contributed by atoms with Crippen molar-refractivity contribution < 1.29 is 14.3 Å². The van der Waals surface area contributed by atoms with Crippen molar-refractivity contribution in [2.75, 3.05) is 13.7 Å². The number of aromatic amines is 1. The van der Waals surface area contributed by atoms with Crippen LogP contribution in [0.1, 0.15) is 13.8 Å². The van der Waals surface area contributed by atoms with Crippen molar-refractivity contribution in [2.45, 2.75) is 24.3 Å². The Labute approximate surface area is 103 Å². The number of H-pyrrole nitrogens is 1. The molecule has 0 spiro atoms. The van der Waals surface area contributed by atoms with Crippen LogP contribution in [0.15, 0.2) is 16.1 Å². The van der Waals surface area contributed by atoms with Crippen LogP contribution in [-0.4, -0.2) is 34.9 Å². The molecule has 0 radical (unpaired) electrons. The monoisotopic (exact) mass is 258 g/mol. The van der Waals surface area contributed by atoms with Gasteiger partial charge in [0, 0.05) is 0 Å². The lowest BCUT2D eigenvalue weighted by Gasteiger charge is -2.09. The van der Waals surface area contributed by atoms with E-state index in [4.69, 9.17) is 9.47 Å². The third kappa shape index (κ3) is 3.77. The second-order valence-electron chi connectivity index (χ2n) is 3.10. The normalized spacial score (nSPS) is 11.9. The zero-order chi connectivity index (χ0) is 12.8. The average molecular weight is 258 g/mol. The Bertz CT molecular complexity index is 446. The number of thioether (sulfide) groups is 1. The fraction of sp³-hybridized carbons (Fsp3) is 0.500. The van der Waals surface area contributed by atoms with E-state index in [-0.39, 0.29) is 17.3 Å². The lowest BCUT2D eigenvalue weighted by atomic mass is 10.5. The van der Waals surface area contributed by atoms with Crippen LogP contribution in [0.2, 0.25) is 0 Å². The zero-order valence-corrected chi connectivity index (χ0v) is 10.7. The van der Waals surface area contributed by atoms with Crippen LogP contribution in [0.5, 0.6) is 5.75 Å². The largest absolute Gasteiger partial charge is 0.490 e. The van der Waals surface area contributed by atoms with Gasteiger partial charge in [0.05, 0.1) is 19.9 Å². The van der Waals surface area contributed by atoms with Gasteiger partial charge < -0.3 is 9.47 Å². The molecule has 0 aliphatic heterocycles. The third-order valence-electron chi connectivity index (χ3n) is 1.87. The maximum atomic E-state index is 11.4. The molecular formula is C10H14N2O4S. The molecule has 0 aromatic carbocycles. The maximum Gasteiger partial charge on any atom is 0.319 e. The summed E-state index contributed by atoms with van der Waals surface area (Å²) in [6, 6.07) is 0. The molecule has 0 saturated carbocycles. The second-order valence-corrected chi connectivity index (χ2v) is 4.43. The lowest BCUT2D eigenvalue weighted by Crippen LogP contribution is -2.18. The molecule has 1 rings (SSSR count). The summed E-state index contributed by atoms with van der Waals surface area (Å²) in [5.74, 6) is -0.200. The summed E-state index contributed by atoms with van der Waals surface area (Å²) in [4.78, 5) is 29.3. The standard InChI is InChI=1S/C10H14N2O4S/c1-4-16-9(14)6(2)17-10-11-5-7(15-3)8(13)12-10/h5-6H,4H2,1-3H3,(H,11,12,13)/t6-/m1/s1. The smallest absolute Gasteiger partial charge is 0.319 e. The van der Waals surface area contributed by atoms with E-state index in [1.54, 1.807) is 13.8 Å². The molecule has 94 valence electrons. The Balaban J connectivity index is 2.72. The Morgan fingerprint density at radius 2 is 2.35 bits per heavy atom. The quantitative estimate of drug-likeness (QED) is 0.478. The minimum absolute atomic E-state index is 0.137. The van der Waals surface area contributed by atoms with Crippen LogP contribution in [0.4, 0.5) is 0 Å². The number of hydrogen-bond donors (Lipinski definition) is 1. The summed E-state index contributed by atoms with van der Waals surface area (Å²) in [7, 11) is 1.39. The molecule has 0 saturated heterocycles. The maximum absolute atomic E-state index is 11.4. The lowest BCUT2D eigenvalue weighted by molar-refractivity contribution is -0.142. The highest BCUT2D eigenvalue weighted by molar-refractivity contribution is 8.00. The van der Waals surface area contributed by atoms with Gasteiger partial charge in [-0.2, -0.15) is 0 Å². The van der Waals surface area contributed by atoms with Crippen LogP contribution < -0.4 is 10.3 Å². The highest BCUT2D eigenvalue weighted by Crippen LogP contribution is 2.19. The van der Waals surface area contributed by atoms with Crippen molar-refractivity contribution >= 4 is 17.7 Å². The van der Waals surface area contributed by atoms with Gasteiger partial charge in [-0.3, -0.25) is 14.6 Å². The SMILES string of the molecule is CCOC(=O)[C@@H](C)Sc1ncc(OC)c(=O)[nH]1. The van der Waals surface area contributed by atoms with E-state index in [1.165, 1.54) is 13.3 Å². The van der Waals surface area contributed by atoms with E-state index in [0.29, 0.717) is 11.8 Å². The fourth-order valence-electron chi connectivity index (χ4n) is 1.05. The number of nitrogens with one attached hydrogen (secondary N) is 1. The van der Waals surface area contributed by atoms with Gasteiger partial charge in [0.25, 0.3) is 5.56 Å². The molecule has 1 N–H and O–H groups in total. The Hall–Kier alpha value is -1.50. The molecule has 1 aromatic heterocycles. The molecule has 1 atom stereocenters. The first kappa shape index (κ1) is 13.6. The van der Waals surface area contributed by atoms with Gasteiger partial charge >= 0.3 is 5.97 Å². The summed E-state index contributed by atoms with van der Waals surface area (Å²) in [6.45, 7) is 3.76. The van der Waals surface area contributed by atoms with Crippen molar-refractivity contribution in [3.63, 3.8) is 0 Å². The molecule has 0 amide bonds. The highest BCUT2D eigenvalue weighted by Gasteiger charge is 2.17. The third-order valence-corrected chi connectivity index (χ3v) is 2.85. The molecule has 1 aromatic rings. The van der Waals surface area contributed by atoms with Crippen molar-refractivity contribution in [3.8, 4) is 5.75 Å². The van der Waals surface area contributed by atoms with Crippen LogP contribution in [0, 0.1) is 0 Å². The number of nitrogens with zero attached hydrogens (tertiary/aromatic N) is 1. The average Bonchev–Trinajstić information content (AvgIpc) is 2.29. The van der Waals surface area contributed by atoms with Crippen LogP contribution in [-0.2, 0) is 9.53 Å². The van der Waals surface area contributed by atoms with Crippen LogP contribution in [0.3, 0.4) is 0 Å². The van der Waals surface area contributed by atoms with E-state index in [2.05, 4.69) is 9.97 Å². The van der Waals surface area contributed by atoms with Crippen LogP contribution in [0.25, 0.3) is 0 Å². The molecule has 0 aliphatic carbocycles. The van der Waals surface area contributed by atoms with Gasteiger partial charge in [-0.25, -0.2) is 4.98 Å². The molecule has 0 aliphatic rings. The summed E-state index contributed by atoms with van der Waals surface area (Å²) < 4.78 is 9.63. The number of carbonyl (C=O) groups is 1. The number of carbonyl (C=O) groups excluding carboxylic acids is 1. The minimum Gasteiger partial charge on any atom is -0.490 e. The second kappa shape index (κ2) is 6.29. The van der Waals surface area contributed by atoms with Crippen molar-refractivity contribution in [1.29, 1.82) is 0 Å². The minimum atomic E-state index is -0.425. The van der Waals surface area contributed by atoms with Gasteiger partial charge in [-0.05, 0) is 13.8 Å².